The average Bonchev–Trinajstić information content (AvgIpc) is 3.41. The fourth-order valence-corrected chi connectivity index (χ4v) is 3.62. The quantitative estimate of drug-likeness (QED) is 0.807. The summed E-state index contributed by atoms with van der Waals surface area (Å²) >= 11 is 0. The number of hydrogen-bond acceptors (Lipinski definition) is 5. The summed E-state index contributed by atoms with van der Waals surface area (Å²) in [7, 11) is 0. The molecule has 2 amide bonds. The molecule has 2 aliphatic rings. The zero-order valence-electron chi connectivity index (χ0n) is 14.6. The Morgan fingerprint density at radius 3 is 2.74 bits per heavy atom. The van der Waals surface area contributed by atoms with Gasteiger partial charge in [-0.2, -0.15) is 0 Å². The van der Waals surface area contributed by atoms with Gasteiger partial charge in [-0.3, -0.25) is 9.59 Å². The van der Waals surface area contributed by atoms with Crippen LogP contribution in [0.4, 0.5) is 8.78 Å². The van der Waals surface area contributed by atoms with Crippen LogP contribution >= 0.6 is 0 Å². The monoisotopic (exact) mass is 379 g/mol. The highest BCUT2D eigenvalue weighted by Gasteiger charge is 2.47. The van der Waals surface area contributed by atoms with Crippen LogP contribution in [0.5, 0.6) is 0 Å². The minimum atomic E-state index is -2.98. The molecule has 2 fully saturated rings. The summed E-state index contributed by atoms with van der Waals surface area (Å²) in [4.78, 5) is 27.6. The molecule has 2 aliphatic heterocycles. The van der Waals surface area contributed by atoms with E-state index in [0.29, 0.717) is 13.1 Å². The maximum atomic E-state index is 14.0. The molecule has 0 radical (unpaired) electrons. The maximum Gasteiger partial charge on any atom is 0.290 e. The van der Waals surface area contributed by atoms with E-state index in [-0.39, 0.29) is 23.9 Å². The molecule has 0 spiro atoms. The first-order valence-electron chi connectivity index (χ1n) is 8.85. The molecule has 8 nitrogen and oxygen atoms in total. The van der Waals surface area contributed by atoms with E-state index in [1.54, 1.807) is 4.90 Å². The second kappa shape index (κ2) is 6.75. The topological polar surface area (TPSA) is 84.5 Å². The van der Waals surface area contributed by atoms with Gasteiger partial charge in [0.2, 0.25) is 0 Å². The molecule has 2 aromatic rings. The Bertz CT molecular complexity index is 830. The van der Waals surface area contributed by atoms with Crippen molar-refractivity contribution < 1.29 is 22.8 Å². The summed E-state index contributed by atoms with van der Waals surface area (Å²) in [6.45, 7) is 0.728. The van der Waals surface area contributed by atoms with Crippen molar-refractivity contribution >= 4 is 11.8 Å². The third-order valence-electron chi connectivity index (χ3n) is 4.92. The fourth-order valence-electron chi connectivity index (χ4n) is 3.62. The van der Waals surface area contributed by atoms with E-state index >= 15 is 0 Å². The summed E-state index contributed by atoms with van der Waals surface area (Å²) < 4.78 is 34.3. The molecule has 4 rings (SSSR count). The second-order valence-electron chi connectivity index (χ2n) is 6.95. The number of furan rings is 1. The molecule has 0 aliphatic carbocycles. The van der Waals surface area contributed by atoms with E-state index in [1.165, 1.54) is 29.3 Å². The highest BCUT2D eigenvalue weighted by molar-refractivity contribution is 5.92. The van der Waals surface area contributed by atoms with E-state index in [1.807, 2.05) is 0 Å². The summed E-state index contributed by atoms with van der Waals surface area (Å²) in [6, 6.07) is 2.21. The Labute approximate surface area is 153 Å². The van der Waals surface area contributed by atoms with Crippen LogP contribution in [0.1, 0.15) is 40.3 Å². The number of aromatic nitrogens is 3. The zero-order chi connectivity index (χ0) is 19.0. The second-order valence-corrected chi connectivity index (χ2v) is 6.95. The third kappa shape index (κ3) is 3.56. The van der Waals surface area contributed by atoms with E-state index in [4.69, 9.17) is 4.42 Å². The molecule has 2 saturated heterocycles. The molecule has 10 heteroatoms. The van der Waals surface area contributed by atoms with Crippen LogP contribution in [-0.4, -0.2) is 68.2 Å². The minimum Gasteiger partial charge on any atom is -0.459 e. The molecule has 27 heavy (non-hydrogen) atoms. The van der Waals surface area contributed by atoms with Crippen molar-refractivity contribution in [2.24, 2.45) is 0 Å². The normalized spacial score (nSPS) is 21.8. The van der Waals surface area contributed by atoms with Crippen molar-refractivity contribution in [3.63, 3.8) is 0 Å². The van der Waals surface area contributed by atoms with Gasteiger partial charge in [0.1, 0.15) is 0 Å². The lowest BCUT2D eigenvalue weighted by Crippen LogP contribution is -2.38. The lowest BCUT2D eigenvalue weighted by molar-refractivity contribution is 0.0113. The van der Waals surface area contributed by atoms with Gasteiger partial charge >= 0.3 is 0 Å². The van der Waals surface area contributed by atoms with Crippen molar-refractivity contribution in [2.75, 3.05) is 19.6 Å². The van der Waals surface area contributed by atoms with Crippen molar-refractivity contribution in [1.29, 1.82) is 0 Å². The Hall–Kier alpha value is -2.78. The van der Waals surface area contributed by atoms with Crippen LogP contribution in [0.15, 0.2) is 29.0 Å². The third-order valence-corrected chi connectivity index (χ3v) is 4.92. The van der Waals surface area contributed by atoms with Crippen LogP contribution in [0.25, 0.3) is 0 Å². The van der Waals surface area contributed by atoms with Gasteiger partial charge in [0, 0.05) is 19.5 Å². The number of likely N-dealkylation sites (tertiary alicyclic amines) is 2. The average molecular weight is 379 g/mol. The maximum absolute atomic E-state index is 14.0. The van der Waals surface area contributed by atoms with Crippen LogP contribution in [0.2, 0.25) is 0 Å². The fraction of sp³-hybridized carbons (Fsp3) is 0.529. The predicted molar refractivity (Wildman–Crippen MR) is 88.3 cm³/mol. The Morgan fingerprint density at radius 2 is 2.04 bits per heavy atom. The van der Waals surface area contributed by atoms with E-state index in [9.17, 15) is 18.4 Å². The highest BCUT2D eigenvalue weighted by atomic mass is 19.3. The Kier molecular flexibility index (Phi) is 4.40. The molecule has 1 atom stereocenters. The van der Waals surface area contributed by atoms with Crippen LogP contribution in [0, 0.1) is 0 Å². The predicted octanol–water partition coefficient (Wildman–Crippen LogP) is 1.66. The number of hydrogen-bond donors (Lipinski definition) is 0. The number of amides is 2. The number of nitrogens with zero attached hydrogens (tertiary/aromatic N) is 5. The standard InChI is InChI=1S/C17H19F2N5O3/c18-17(19)8-12(24(11-17)16(26)14-4-3-7-27-14)9-23-10-13(20-21-23)15(25)22-5-1-2-6-22/h3-4,7,10,12H,1-2,5-6,8-9,11H2/t12-/m0/s1. The molecular weight excluding hydrogens is 360 g/mol. The van der Waals surface area contributed by atoms with Gasteiger partial charge < -0.3 is 14.2 Å². The number of halogens is 2. The minimum absolute atomic E-state index is 0.0150. The zero-order valence-corrected chi connectivity index (χ0v) is 14.6. The number of carbonyl (C=O) groups excluding carboxylic acids is 2. The van der Waals surface area contributed by atoms with E-state index < -0.39 is 30.8 Å². The van der Waals surface area contributed by atoms with Gasteiger partial charge in [0.05, 0.1) is 31.6 Å². The summed E-state index contributed by atoms with van der Waals surface area (Å²) in [5, 5.41) is 7.76. The number of rotatable bonds is 4. The van der Waals surface area contributed by atoms with E-state index in [0.717, 1.165) is 17.7 Å². The van der Waals surface area contributed by atoms with Gasteiger partial charge in [0.15, 0.2) is 11.5 Å². The first-order valence-corrected chi connectivity index (χ1v) is 8.85. The van der Waals surface area contributed by atoms with Crippen molar-refractivity contribution in [2.45, 2.75) is 37.8 Å². The smallest absolute Gasteiger partial charge is 0.290 e. The highest BCUT2D eigenvalue weighted by Crippen LogP contribution is 2.33. The Morgan fingerprint density at radius 1 is 1.26 bits per heavy atom. The lowest BCUT2D eigenvalue weighted by atomic mass is 10.2. The first-order chi connectivity index (χ1) is 12.9. The van der Waals surface area contributed by atoms with Crippen LogP contribution < -0.4 is 0 Å². The van der Waals surface area contributed by atoms with Gasteiger partial charge in [-0.05, 0) is 25.0 Å². The Balaban J connectivity index is 1.48. The molecule has 0 aromatic carbocycles. The number of carbonyl (C=O) groups is 2. The van der Waals surface area contributed by atoms with E-state index in [2.05, 4.69) is 10.3 Å². The van der Waals surface area contributed by atoms with Crippen LogP contribution in [-0.2, 0) is 6.54 Å². The summed E-state index contributed by atoms with van der Waals surface area (Å²) in [5.41, 5.74) is 0.186. The molecule has 0 bridgehead atoms. The number of alkyl halides is 2. The molecule has 0 unspecified atom stereocenters. The first kappa shape index (κ1) is 17.6. The summed E-state index contributed by atoms with van der Waals surface area (Å²) in [5.74, 6) is -3.77. The van der Waals surface area contributed by atoms with Crippen molar-refractivity contribution in [1.82, 2.24) is 24.8 Å². The molecule has 4 heterocycles. The molecule has 0 saturated carbocycles. The van der Waals surface area contributed by atoms with Crippen molar-refractivity contribution in [3.8, 4) is 0 Å². The van der Waals surface area contributed by atoms with Gasteiger partial charge in [-0.25, -0.2) is 13.5 Å². The molecule has 144 valence electrons. The molecule has 0 N–H and O–H groups in total. The van der Waals surface area contributed by atoms with Gasteiger partial charge in [0.25, 0.3) is 17.7 Å². The lowest BCUT2D eigenvalue weighted by Gasteiger charge is -2.22. The largest absolute Gasteiger partial charge is 0.459 e. The molecular formula is C17H19F2N5O3. The summed E-state index contributed by atoms with van der Waals surface area (Å²) in [6.07, 6.45) is 4.22. The molecule has 2 aromatic heterocycles. The SMILES string of the molecule is O=C(c1cn(C[C@@H]2CC(F)(F)CN2C(=O)c2ccco2)nn1)N1CCCC1. The van der Waals surface area contributed by atoms with Gasteiger partial charge in [-0.15, -0.1) is 5.10 Å². The van der Waals surface area contributed by atoms with Crippen molar-refractivity contribution in [3.05, 3.63) is 36.0 Å². The van der Waals surface area contributed by atoms with Crippen LogP contribution in [0.3, 0.4) is 0 Å². The van der Waals surface area contributed by atoms with Gasteiger partial charge in [-0.1, -0.05) is 5.21 Å².